The minimum absolute atomic E-state index is 0.102. The van der Waals surface area contributed by atoms with Gasteiger partial charge in [-0.1, -0.05) is 54.6 Å². The first-order valence-electron chi connectivity index (χ1n) is 11.4. The highest BCUT2D eigenvalue weighted by molar-refractivity contribution is 6.00. The van der Waals surface area contributed by atoms with E-state index >= 15 is 0 Å². The summed E-state index contributed by atoms with van der Waals surface area (Å²) >= 11 is 0. The molecule has 0 aliphatic carbocycles. The molecule has 3 aromatic carbocycles. The molecule has 34 heavy (non-hydrogen) atoms. The van der Waals surface area contributed by atoms with Crippen LogP contribution in [-0.4, -0.2) is 37.4 Å². The molecule has 1 saturated heterocycles. The largest absolute Gasteiger partial charge is 0.370 e. The van der Waals surface area contributed by atoms with Gasteiger partial charge in [-0.2, -0.15) is 0 Å². The SMILES string of the molecule is NC(=O)C1CCN(c2ccccc2NC(=O)CNC(=O)c2ccc(-c3ccccc3)cc2)CC1. The Kier molecular flexibility index (Phi) is 7.22. The normalized spacial score (nSPS) is 13.8. The summed E-state index contributed by atoms with van der Waals surface area (Å²) in [6, 6.07) is 24.7. The van der Waals surface area contributed by atoms with Crippen LogP contribution >= 0.6 is 0 Å². The summed E-state index contributed by atoms with van der Waals surface area (Å²) in [5, 5.41) is 5.57. The Hall–Kier alpha value is -4.13. The quantitative estimate of drug-likeness (QED) is 0.507. The number of hydrogen-bond donors (Lipinski definition) is 3. The van der Waals surface area contributed by atoms with E-state index in [0.717, 1.165) is 16.8 Å². The van der Waals surface area contributed by atoms with E-state index in [1.807, 2.05) is 66.7 Å². The second-order valence-corrected chi connectivity index (χ2v) is 8.36. The molecule has 0 bridgehead atoms. The number of carbonyl (C=O) groups is 3. The number of hydrogen-bond acceptors (Lipinski definition) is 4. The molecular formula is C27H28N4O3. The van der Waals surface area contributed by atoms with Crippen LogP contribution < -0.4 is 21.3 Å². The molecule has 0 atom stereocenters. The van der Waals surface area contributed by atoms with Gasteiger partial charge in [-0.3, -0.25) is 14.4 Å². The number of nitrogens with two attached hydrogens (primary N) is 1. The summed E-state index contributed by atoms with van der Waals surface area (Å²) in [7, 11) is 0. The molecule has 7 nitrogen and oxygen atoms in total. The number of nitrogens with zero attached hydrogens (tertiary/aromatic N) is 1. The van der Waals surface area contributed by atoms with Crippen molar-refractivity contribution >= 4 is 29.1 Å². The Morgan fingerprint density at radius 2 is 1.44 bits per heavy atom. The van der Waals surface area contributed by atoms with Crippen molar-refractivity contribution in [2.24, 2.45) is 11.7 Å². The van der Waals surface area contributed by atoms with E-state index in [9.17, 15) is 14.4 Å². The molecule has 0 unspecified atom stereocenters. The van der Waals surface area contributed by atoms with Crippen molar-refractivity contribution in [1.29, 1.82) is 0 Å². The van der Waals surface area contributed by atoms with Crippen LogP contribution in [-0.2, 0) is 9.59 Å². The van der Waals surface area contributed by atoms with Crippen LogP contribution in [0.3, 0.4) is 0 Å². The van der Waals surface area contributed by atoms with Crippen molar-refractivity contribution in [3.8, 4) is 11.1 Å². The third-order valence-corrected chi connectivity index (χ3v) is 6.08. The summed E-state index contributed by atoms with van der Waals surface area (Å²) < 4.78 is 0. The van der Waals surface area contributed by atoms with Crippen LogP contribution in [0.25, 0.3) is 11.1 Å². The predicted octanol–water partition coefficient (Wildman–Crippen LogP) is 3.42. The van der Waals surface area contributed by atoms with E-state index in [0.29, 0.717) is 37.2 Å². The summed E-state index contributed by atoms with van der Waals surface area (Å²) in [5.74, 6) is -0.980. The second-order valence-electron chi connectivity index (χ2n) is 8.36. The van der Waals surface area contributed by atoms with E-state index in [1.165, 1.54) is 0 Å². The maximum Gasteiger partial charge on any atom is 0.251 e. The lowest BCUT2D eigenvalue weighted by atomic mass is 9.96. The first-order valence-corrected chi connectivity index (χ1v) is 11.4. The topological polar surface area (TPSA) is 105 Å². The van der Waals surface area contributed by atoms with E-state index in [1.54, 1.807) is 12.1 Å². The third-order valence-electron chi connectivity index (χ3n) is 6.08. The smallest absolute Gasteiger partial charge is 0.251 e. The first kappa shape index (κ1) is 23.0. The monoisotopic (exact) mass is 456 g/mol. The fourth-order valence-electron chi connectivity index (χ4n) is 4.16. The highest BCUT2D eigenvalue weighted by Crippen LogP contribution is 2.29. The highest BCUT2D eigenvalue weighted by Gasteiger charge is 2.24. The summed E-state index contributed by atoms with van der Waals surface area (Å²) in [5.41, 5.74) is 9.58. The van der Waals surface area contributed by atoms with Crippen LogP contribution in [0.2, 0.25) is 0 Å². The number of piperidine rings is 1. The van der Waals surface area contributed by atoms with E-state index < -0.39 is 0 Å². The molecule has 1 aliphatic rings. The Balaban J connectivity index is 1.32. The van der Waals surface area contributed by atoms with Gasteiger partial charge < -0.3 is 21.3 Å². The van der Waals surface area contributed by atoms with Gasteiger partial charge in [0.15, 0.2) is 0 Å². The first-order chi connectivity index (χ1) is 16.5. The molecule has 3 amide bonds. The predicted molar refractivity (Wildman–Crippen MR) is 133 cm³/mol. The molecule has 1 fully saturated rings. The summed E-state index contributed by atoms with van der Waals surface area (Å²) in [4.78, 5) is 38.6. The average Bonchev–Trinajstić information content (AvgIpc) is 2.88. The van der Waals surface area contributed by atoms with Crippen molar-refractivity contribution in [2.45, 2.75) is 12.8 Å². The van der Waals surface area contributed by atoms with Gasteiger partial charge in [0, 0.05) is 24.6 Å². The van der Waals surface area contributed by atoms with Crippen LogP contribution in [0.5, 0.6) is 0 Å². The highest BCUT2D eigenvalue weighted by atomic mass is 16.2. The fourth-order valence-corrected chi connectivity index (χ4v) is 4.16. The number of primary amides is 1. The molecular weight excluding hydrogens is 428 g/mol. The number of benzene rings is 3. The molecule has 3 aromatic rings. The molecule has 4 rings (SSSR count). The lowest BCUT2D eigenvalue weighted by Gasteiger charge is -2.33. The van der Waals surface area contributed by atoms with Gasteiger partial charge in [-0.05, 0) is 48.2 Å². The van der Waals surface area contributed by atoms with Gasteiger partial charge in [0.25, 0.3) is 5.91 Å². The Bertz CT molecular complexity index is 1150. The molecule has 0 spiro atoms. The van der Waals surface area contributed by atoms with Gasteiger partial charge in [0.1, 0.15) is 0 Å². The summed E-state index contributed by atoms with van der Waals surface area (Å²) in [6.07, 6.45) is 1.38. The maximum absolute atomic E-state index is 12.6. The molecule has 0 saturated carbocycles. The van der Waals surface area contributed by atoms with Gasteiger partial charge >= 0.3 is 0 Å². The zero-order valence-corrected chi connectivity index (χ0v) is 18.9. The number of para-hydroxylation sites is 2. The number of anilines is 2. The van der Waals surface area contributed by atoms with E-state index in [-0.39, 0.29) is 30.2 Å². The van der Waals surface area contributed by atoms with Crippen molar-refractivity contribution < 1.29 is 14.4 Å². The zero-order chi connectivity index (χ0) is 23.9. The Morgan fingerprint density at radius 1 is 0.824 bits per heavy atom. The molecule has 0 radical (unpaired) electrons. The number of nitrogens with one attached hydrogen (secondary N) is 2. The maximum atomic E-state index is 12.6. The van der Waals surface area contributed by atoms with Crippen molar-refractivity contribution in [3.05, 3.63) is 84.4 Å². The molecule has 1 aliphatic heterocycles. The molecule has 4 N–H and O–H groups in total. The second kappa shape index (κ2) is 10.7. The van der Waals surface area contributed by atoms with Crippen molar-refractivity contribution in [2.75, 3.05) is 29.9 Å². The standard InChI is InChI=1S/C27H28N4O3/c28-26(33)21-14-16-31(17-15-21)24-9-5-4-8-23(24)30-25(32)18-29-27(34)22-12-10-20(11-13-22)19-6-2-1-3-7-19/h1-13,21H,14-18H2,(H2,28,33)(H,29,34)(H,30,32). The number of carbonyl (C=O) groups excluding carboxylic acids is 3. The Morgan fingerprint density at radius 3 is 2.12 bits per heavy atom. The molecule has 1 heterocycles. The van der Waals surface area contributed by atoms with Crippen molar-refractivity contribution in [1.82, 2.24) is 5.32 Å². The van der Waals surface area contributed by atoms with Gasteiger partial charge in [0.2, 0.25) is 11.8 Å². The van der Waals surface area contributed by atoms with E-state index in [4.69, 9.17) is 5.73 Å². The van der Waals surface area contributed by atoms with Crippen LogP contribution in [0.4, 0.5) is 11.4 Å². The lowest BCUT2D eigenvalue weighted by molar-refractivity contribution is -0.122. The molecule has 0 aromatic heterocycles. The molecule has 7 heteroatoms. The van der Waals surface area contributed by atoms with Gasteiger partial charge in [-0.25, -0.2) is 0 Å². The Labute approximate surface area is 199 Å². The minimum Gasteiger partial charge on any atom is -0.370 e. The van der Waals surface area contributed by atoms with E-state index in [2.05, 4.69) is 15.5 Å². The molecule has 174 valence electrons. The van der Waals surface area contributed by atoms with Crippen LogP contribution in [0.15, 0.2) is 78.9 Å². The third kappa shape index (κ3) is 5.61. The van der Waals surface area contributed by atoms with Crippen LogP contribution in [0, 0.1) is 5.92 Å². The number of amides is 3. The van der Waals surface area contributed by atoms with Gasteiger partial charge in [-0.15, -0.1) is 0 Å². The summed E-state index contributed by atoms with van der Waals surface area (Å²) in [6.45, 7) is 1.24. The van der Waals surface area contributed by atoms with Crippen LogP contribution in [0.1, 0.15) is 23.2 Å². The number of rotatable bonds is 7. The van der Waals surface area contributed by atoms with Crippen molar-refractivity contribution in [3.63, 3.8) is 0 Å². The lowest BCUT2D eigenvalue weighted by Crippen LogP contribution is -2.39. The fraction of sp³-hybridized carbons (Fsp3) is 0.222. The zero-order valence-electron chi connectivity index (χ0n) is 18.9. The minimum atomic E-state index is -0.311. The van der Waals surface area contributed by atoms with Gasteiger partial charge in [0.05, 0.1) is 17.9 Å². The average molecular weight is 457 g/mol.